The second kappa shape index (κ2) is 5.36. The molecule has 2 atom stereocenters. The van der Waals surface area contributed by atoms with Crippen LogP contribution < -0.4 is 10.2 Å². The van der Waals surface area contributed by atoms with Gasteiger partial charge in [0.2, 0.25) is 5.95 Å². The Hall–Kier alpha value is -1.69. The molecular formula is C14H20N4O2. The lowest BCUT2D eigenvalue weighted by atomic mass is 10.1. The summed E-state index contributed by atoms with van der Waals surface area (Å²) >= 11 is 0. The number of nitrogens with zero attached hydrogens (tertiary/aromatic N) is 3. The number of carbonyl (C=O) groups excluding carboxylic acids is 1. The molecule has 6 heteroatoms. The Morgan fingerprint density at radius 2 is 2.40 bits per heavy atom. The molecule has 0 aromatic carbocycles. The number of ether oxygens (including phenoxy) is 1. The molecule has 0 saturated carbocycles. The van der Waals surface area contributed by atoms with Gasteiger partial charge in [0, 0.05) is 31.9 Å². The maximum atomic E-state index is 11.8. The van der Waals surface area contributed by atoms with Gasteiger partial charge >= 0.3 is 5.97 Å². The average Bonchev–Trinajstić information content (AvgIpc) is 3.00. The monoisotopic (exact) mass is 276 g/mol. The SMILES string of the molecule is CCOC(=O)c1cnc(N2CC[C@H]3CNC[C@H]32)nc1C. The van der Waals surface area contributed by atoms with Gasteiger partial charge < -0.3 is 15.0 Å². The highest BCUT2D eigenvalue weighted by Crippen LogP contribution is 2.30. The fourth-order valence-electron chi connectivity index (χ4n) is 3.10. The molecular weight excluding hydrogens is 256 g/mol. The number of hydrogen-bond acceptors (Lipinski definition) is 6. The van der Waals surface area contributed by atoms with Crippen molar-refractivity contribution in [2.75, 3.05) is 31.1 Å². The minimum absolute atomic E-state index is 0.349. The Labute approximate surface area is 118 Å². The number of nitrogens with one attached hydrogen (secondary N) is 1. The Morgan fingerprint density at radius 3 is 3.15 bits per heavy atom. The number of rotatable bonds is 3. The van der Waals surface area contributed by atoms with E-state index in [1.807, 2.05) is 6.92 Å². The minimum atomic E-state index is -0.349. The predicted octanol–water partition coefficient (Wildman–Crippen LogP) is 0.760. The zero-order valence-corrected chi connectivity index (χ0v) is 11.9. The first-order chi connectivity index (χ1) is 9.70. The van der Waals surface area contributed by atoms with Crippen LogP contribution in [0.2, 0.25) is 0 Å². The summed E-state index contributed by atoms with van der Waals surface area (Å²) in [5.74, 6) is 1.08. The maximum absolute atomic E-state index is 11.8. The average molecular weight is 276 g/mol. The van der Waals surface area contributed by atoms with Gasteiger partial charge in [-0.2, -0.15) is 0 Å². The minimum Gasteiger partial charge on any atom is -0.462 e. The van der Waals surface area contributed by atoms with Crippen molar-refractivity contribution in [3.05, 3.63) is 17.5 Å². The van der Waals surface area contributed by atoms with Gasteiger partial charge in [-0.25, -0.2) is 14.8 Å². The summed E-state index contributed by atoms with van der Waals surface area (Å²) in [5.41, 5.74) is 1.14. The quantitative estimate of drug-likeness (QED) is 0.822. The Morgan fingerprint density at radius 1 is 1.55 bits per heavy atom. The van der Waals surface area contributed by atoms with Crippen molar-refractivity contribution in [1.29, 1.82) is 0 Å². The second-order valence-electron chi connectivity index (χ2n) is 5.36. The molecule has 2 aliphatic rings. The summed E-state index contributed by atoms with van der Waals surface area (Å²) in [6.07, 6.45) is 2.77. The Balaban J connectivity index is 1.82. The molecule has 0 aliphatic carbocycles. The zero-order chi connectivity index (χ0) is 14.1. The molecule has 20 heavy (non-hydrogen) atoms. The van der Waals surface area contributed by atoms with Gasteiger partial charge in [0.05, 0.1) is 17.9 Å². The van der Waals surface area contributed by atoms with Crippen LogP contribution in [0.4, 0.5) is 5.95 Å². The fraction of sp³-hybridized carbons (Fsp3) is 0.643. The van der Waals surface area contributed by atoms with Crippen molar-refractivity contribution in [2.45, 2.75) is 26.3 Å². The van der Waals surface area contributed by atoms with Gasteiger partial charge in [0.15, 0.2) is 0 Å². The highest BCUT2D eigenvalue weighted by atomic mass is 16.5. The smallest absolute Gasteiger partial charge is 0.341 e. The van der Waals surface area contributed by atoms with Crippen molar-refractivity contribution in [1.82, 2.24) is 15.3 Å². The van der Waals surface area contributed by atoms with Crippen LogP contribution in [-0.2, 0) is 4.74 Å². The van der Waals surface area contributed by atoms with Crippen LogP contribution in [-0.4, -0.2) is 48.2 Å². The summed E-state index contributed by atoms with van der Waals surface area (Å²) < 4.78 is 5.00. The molecule has 0 spiro atoms. The van der Waals surface area contributed by atoms with Crippen LogP contribution in [0.5, 0.6) is 0 Å². The lowest BCUT2D eigenvalue weighted by Gasteiger charge is -2.23. The number of hydrogen-bond donors (Lipinski definition) is 1. The van der Waals surface area contributed by atoms with E-state index in [9.17, 15) is 4.79 Å². The van der Waals surface area contributed by atoms with Gasteiger partial charge in [0.25, 0.3) is 0 Å². The topological polar surface area (TPSA) is 67.3 Å². The molecule has 2 fully saturated rings. The molecule has 1 aromatic heterocycles. The van der Waals surface area contributed by atoms with Crippen molar-refractivity contribution < 1.29 is 9.53 Å². The fourth-order valence-corrected chi connectivity index (χ4v) is 3.10. The summed E-state index contributed by atoms with van der Waals surface area (Å²) in [5, 5.41) is 3.41. The lowest BCUT2D eigenvalue weighted by Crippen LogP contribution is -2.35. The zero-order valence-electron chi connectivity index (χ0n) is 11.9. The largest absolute Gasteiger partial charge is 0.462 e. The van der Waals surface area contributed by atoms with E-state index in [2.05, 4.69) is 20.2 Å². The van der Waals surface area contributed by atoms with Crippen LogP contribution in [0, 0.1) is 12.8 Å². The van der Waals surface area contributed by atoms with E-state index in [4.69, 9.17) is 4.74 Å². The molecule has 0 radical (unpaired) electrons. The summed E-state index contributed by atoms with van der Waals surface area (Å²) in [6.45, 7) is 7.06. The normalized spacial score (nSPS) is 24.8. The molecule has 1 N–H and O–H groups in total. The number of aromatic nitrogens is 2. The maximum Gasteiger partial charge on any atom is 0.341 e. The highest BCUT2D eigenvalue weighted by molar-refractivity contribution is 5.90. The number of aryl methyl sites for hydroxylation is 1. The highest BCUT2D eigenvalue weighted by Gasteiger charge is 2.38. The summed E-state index contributed by atoms with van der Waals surface area (Å²) in [7, 11) is 0. The van der Waals surface area contributed by atoms with Crippen molar-refractivity contribution in [3.63, 3.8) is 0 Å². The molecule has 6 nitrogen and oxygen atoms in total. The number of esters is 1. The first-order valence-corrected chi connectivity index (χ1v) is 7.18. The molecule has 2 saturated heterocycles. The Kier molecular flexibility index (Phi) is 3.56. The van der Waals surface area contributed by atoms with Crippen molar-refractivity contribution in [2.24, 2.45) is 5.92 Å². The number of fused-ring (bicyclic) bond motifs is 1. The number of anilines is 1. The molecule has 3 heterocycles. The third-order valence-corrected chi connectivity index (χ3v) is 4.16. The van der Waals surface area contributed by atoms with Crippen LogP contribution >= 0.6 is 0 Å². The first kappa shape index (κ1) is 13.3. The third kappa shape index (κ3) is 2.24. The molecule has 2 aliphatic heterocycles. The van der Waals surface area contributed by atoms with Crippen LogP contribution in [0.15, 0.2) is 6.20 Å². The molecule has 0 unspecified atom stereocenters. The molecule has 3 rings (SSSR count). The van der Waals surface area contributed by atoms with Crippen LogP contribution in [0.25, 0.3) is 0 Å². The van der Waals surface area contributed by atoms with Gasteiger partial charge in [-0.3, -0.25) is 0 Å². The lowest BCUT2D eigenvalue weighted by molar-refractivity contribution is 0.0524. The van der Waals surface area contributed by atoms with E-state index >= 15 is 0 Å². The third-order valence-electron chi connectivity index (χ3n) is 4.16. The van der Waals surface area contributed by atoms with Gasteiger partial charge in [-0.1, -0.05) is 0 Å². The van der Waals surface area contributed by atoms with Crippen molar-refractivity contribution in [3.8, 4) is 0 Å². The Bertz CT molecular complexity index is 520. The van der Waals surface area contributed by atoms with Gasteiger partial charge in [0.1, 0.15) is 0 Å². The summed E-state index contributed by atoms with van der Waals surface area (Å²) in [6, 6.07) is 0.489. The van der Waals surface area contributed by atoms with Gasteiger partial charge in [-0.15, -0.1) is 0 Å². The van der Waals surface area contributed by atoms with E-state index in [1.165, 1.54) is 6.42 Å². The van der Waals surface area contributed by atoms with E-state index in [1.54, 1.807) is 13.1 Å². The van der Waals surface area contributed by atoms with E-state index in [-0.39, 0.29) is 5.97 Å². The van der Waals surface area contributed by atoms with E-state index in [0.717, 1.165) is 25.6 Å². The van der Waals surface area contributed by atoms with Crippen LogP contribution in [0.1, 0.15) is 29.4 Å². The van der Waals surface area contributed by atoms with E-state index < -0.39 is 0 Å². The van der Waals surface area contributed by atoms with Gasteiger partial charge in [-0.05, 0) is 26.2 Å². The molecule has 0 amide bonds. The van der Waals surface area contributed by atoms with Crippen LogP contribution in [0.3, 0.4) is 0 Å². The first-order valence-electron chi connectivity index (χ1n) is 7.18. The van der Waals surface area contributed by atoms with E-state index in [0.29, 0.717) is 29.8 Å². The number of carbonyl (C=O) groups is 1. The molecule has 1 aromatic rings. The molecule has 0 bridgehead atoms. The second-order valence-corrected chi connectivity index (χ2v) is 5.36. The predicted molar refractivity (Wildman–Crippen MR) is 74.8 cm³/mol. The molecule has 108 valence electrons. The standard InChI is InChI=1S/C14H20N4O2/c1-3-20-13(19)11-7-16-14(17-9(11)2)18-5-4-10-6-15-8-12(10)18/h7,10,12,15H,3-6,8H2,1-2H3/t10-,12+/m0/s1. The summed E-state index contributed by atoms with van der Waals surface area (Å²) in [4.78, 5) is 22.9. The van der Waals surface area contributed by atoms with Crippen molar-refractivity contribution >= 4 is 11.9 Å².